The number of ether oxygens (including phenoxy) is 2. The van der Waals surface area contributed by atoms with E-state index >= 15 is 0 Å². The number of carbonyl (C=O) groups excluding carboxylic acids is 1. The number of para-hydroxylation sites is 1. The predicted octanol–water partition coefficient (Wildman–Crippen LogP) is 1.49. The quantitative estimate of drug-likeness (QED) is 0.711. The van der Waals surface area contributed by atoms with Gasteiger partial charge in [0, 0.05) is 5.56 Å². The Morgan fingerprint density at radius 3 is 2.71 bits per heavy atom. The van der Waals surface area contributed by atoms with Crippen LogP contribution in [0.25, 0.3) is 0 Å². The highest BCUT2D eigenvalue weighted by atomic mass is 16.5. The molecule has 116 valence electrons. The fourth-order valence-corrected chi connectivity index (χ4v) is 2.52. The normalized spacial score (nSPS) is 17.1. The third kappa shape index (κ3) is 3.36. The number of esters is 1. The predicted molar refractivity (Wildman–Crippen MR) is 79.0 cm³/mol. The van der Waals surface area contributed by atoms with Crippen molar-refractivity contribution in [2.24, 2.45) is 5.92 Å². The number of likely N-dealkylation sites (N-methyl/N-ethyl adjacent to an activating group) is 1. The Labute approximate surface area is 125 Å². The molecule has 1 unspecified atom stereocenters. The fourth-order valence-electron chi connectivity index (χ4n) is 2.52. The van der Waals surface area contributed by atoms with Crippen molar-refractivity contribution in [3.63, 3.8) is 0 Å². The van der Waals surface area contributed by atoms with Crippen molar-refractivity contribution in [1.29, 1.82) is 0 Å². The van der Waals surface area contributed by atoms with Gasteiger partial charge in [0.2, 0.25) is 0 Å². The van der Waals surface area contributed by atoms with Crippen molar-refractivity contribution in [1.82, 2.24) is 5.32 Å². The highest BCUT2D eigenvalue weighted by Crippen LogP contribution is 2.41. The summed E-state index contributed by atoms with van der Waals surface area (Å²) in [4.78, 5) is 12.3. The van der Waals surface area contributed by atoms with Crippen LogP contribution >= 0.6 is 0 Å². The van der Waals surface area contributed by atoms with Crippen LogP contribution in [0.2, 0.25) is 0 Å². The average Bonchev–Trinajstić information content (AvgIpc) is 3.34. The molecule has 1 aliphatic carbocycles. The van der Waals surface area contributed by atoms with Gasteiger partial charge in [0.15, 0.2) is 5.54 Å². The molecule has 0 spiro atoms. The van der Waals surface area contributed by atoms with Gasteiger partial charge in [-0.1, -0.05) is 18.2 Å². The van der Waals surface area contributed by atoms with Crippen LogP contribution in [0.1, 0.15) is 25.3 Å². The maximum absolute atomic E-state index is 12.3. The molecule has 0 radical (unpaired) electrons. The van der Waals surface area contributed by atoms with E-state index in [-0.39, 0.29) is 25.1 Å². The molecule has 0 aromatic heterocycles. The number of hydrogen-bond donors (Lipinski definition) is 2. The van der Waals surface area contributed by atoms with Gasteiger partial charge in [0.1, 0.15) is 12.4 Å². The molecule has 1 aliphatic rings. The van der Waals surface area contributed by atoms with E-state index in [0.717, 1.165) is 12.8 Å². The molecule has 1 atom stereocenters. The summed E-state index contributed by atoms with van der Waals surface area (Å²) in [6.07, 6.45) is 1.98. The molecule has 21 heavy (non-hydrogen) atoms. The molecule has 0 amide bonds. The van der Waals surface area contributed by atoms with Gasteiger partial charge in [0.25, 0.3) is 0 Å². The third-order valence-corrected chi connectivity index (χ3v) is 3.96. The molecule has 0 aliphatic heterocycles. The number of rotatable bonds is 8. The topological polar surface area (TPSA) is 67.8 Å². The Kier molecular flexibility index (Phi) is 5.20. The Hall–Kier alpha value is -1.59. The zero-order chi connectivity index (χ0) is 15.3. The lowest BCUT2D eigenvalue weighted by Gasteiger charge is -2.31. The number of nitrogens with one attached hydrogen (secondary N) is 1. The summed E-state index contributed by atoms with van der Waals surface area (Å²) in [5, 5.41) is 12.4. The Morgan fingerprint density at radius 1 is 1.43 bits per heavy atom. The van der Waals surface area contributed by atoms with Crippen molar-refractivity contribution in [3.8, 4) is 5.75 Å². The van der Waals surface area contributed by atoms with Crippen LogP contribution in [-0.4, -0.2) is 36.9 Å². The van der Waals surface area contributed by atoms with Crippen molar-refractivity contribution in [2.75, 3.05) is 20.3 Å². The Balaban J connectivity index is 2.14. The molecule has 1 aromatic carbocycles. The molecule has 2 rings (SSSR count). The lowest BCUT2D eigenvalue weighted by Crippen LogP contribution is -2.57. The van der Waals surface area contributed by atoms with Crippen molar-refractivity contribution in [3.05, 3.63) is 29.8 Å². The van der Waals surface area contributed by atoms with Gasteiger partial charge in [0.05, 0.1) is 13.2 Å². The summed E-state index contributed by atoms with van der Waals surface area (Å²) in [5.74, 6) is 0.573. The lowest BCUT2D eigenvalue weighted by atomic mass is 9.94. The van der Waals surface area contributed by atoms with Crippen molar-refractivity contribution < 1.29 is 19.4 Å². The second-order valence-electron chi connectivity index (χ2n) is 5.27. The van der Waals surface area contributed by atoms with Crippen LogP contribution in [0.5, 0.6) is 5.75 Å². The van der Waals surface area contributed by atoms with E-state index in [2.05, 4.69) is 5.32 Å². The summed E-state index contributed by atoms with van der Waals surface area (Å²) >= 11 is 0. The zero-order valence-electron chi connectivity index (χ0n) is 12.6. The highest BCUT2D eigenvalue weighted by molar-refractivity contribution is 5.82. The Bertz CT molecular complexity index is 487. The van der Waals surface area contributed by atoms with Crippen molar-refractivity contribution in [2.45, 2.75) is 31.9 Å². The molecule has 5 nitrogen and oxygen atoms in total. The zero-order valence-corrected chi connectivity index (χ0v) is 12.6. The second-order valence-corrected chi connectivity index (χ2v) is 5.27. The molecule has 0 saturated heterocycles. The number of hydrogen-bond acceptors (Lipinski definition) is 5. The van der Waals surface area contributed by atoms with Gasteiger partial charge in [-0.3, -0.25) is 0 Å². The molecule has 1 fully saturated rings. The minimum Gasteiger partial charge on any atom is -0.491 e. The number of carbonyl (C=O) groups is 1. The summed E-state index contributed by atoms with van der Waals surface area (Å²) in [6, 6.07) is 7.29. The van der Waals surface area contributed by atoms with Crippen LogP contribution in [0, 0.1) is 5.92 Å². The molecule has 1 saturated carbocycles. The van der Waals surface area contributed by atoms with Crippen LogP contribution in [0.3, 0.4) is 0 Å². The first kappa shape index (κ1) is 15.8. The first-order valence-corrected chi connectivity index (χ1v) is 7.35. The summed E-state index contributed by atoms with van der Waals surface area (Å²) < 4.78 is 11.0. The molecular weight excluding hydrogens is 270 g/mol. The van der Waals surface area contributed by atoms with E-state index in [1.807, 2.05) is 12.1 Å². The maximum atomic E-state index is 12.3. The molecular formula is C16H23NO4. The van der Waals surface area contributed by atoms with E-state index in [4.69, 9.17) is 9.47 Å². The third-order valence-electron chi connectivity index (χ3n) is 3.96. The van der Waals surface area contributed by atoms with E-state index in [9.17, 15) is 9.90 Å². The van der Waals surface area contributed by atoms with E-state index in [1.54, 1.807) is 26.1 Å². The van der Waals surface area contributed by atoms with Gasteiger partial charge in [-0.15, -0.1) is 0 Å². The second kappa shape index (κ2) is 6.91. The van der Waals surface area contributed by atoms with Gasteiger partial charge >= 0.3 is 5.97 Å². The number of aliphatic hydroxyl groups is 1. The summed E-state index contributed by atoms with van der Waals surface area (Å²) in [7, 11) is 1.76. The minimum absolute atomic E-state index is 0.0917. The van der Waals surface area contributed by atoms with Crippen LogP contribution < -0.4 is 10.1 Å². The van der Waals surface area contributed by atoms with Gasteiger partial charge in [-0.2, -0.15) is 0 Å². The number of aliphatic hydroxyl groups excluding tert-OH is 1. The Morgan fingerprint density at radius 2 is 2.14 bits per heavy atom. The maximum Gasteiger partial charge on any atom is 0.330 e. The SMILES string of the molecule is CCOC(=O)C(COc1ccccc1CO)(NC)C1CC1. The minimum atomic E-state index is -0.807. The van der Waals surface area contributed by atoms with Crippen LogP contribution in [0.4, 0.5) is 0 Å². The van der Waals surface area contributed by atoms with E-state index in [0.29, 0.717) is 17.9 Å². The van der Waals surface area contributed by atoms with Crippen molar-refractivity contribution >= 4 is 5.97 Å². The summed E-state index contributed by atoms with van der Waals surface area (Å²) in [5.41, 5.74) is -0.0966. The van der Waals surface area contributed by atoms with Gasteiger partial charge in [-0.25, -0.2) is 4.79 Å². The summed E-state index contributed by atoms with van der Waals surface area (Å²) in [6.45, 7) is 2.25. The van der Waals surface area contributed by atoms with Crippen LogP contribution in [0.15, 0.2) is 24.3 Å². The smallest absolute Gasteiger partial charge is 0.330 e. The lowest BCUT2D eigenvalue weighted by molar-refractivity contribution is -0.153. The molecule has 0 heterocycles. The van der Waals surface area contributed by atoms with Gasteiger partial charge in [-0.05, 0) is 38.8 Å². The van der Waals surface area contributed by atoms with Crippen LogP contribution in [-0.2, 0) is 16.1 Å². The van der Waals surface area contributed by atoms with Gasteiger partial charge < -0.3 is 19.9 Å². The largest absolute Gasteiger partial charge is 0.491 e. The standard InChI is InChI=1S/C16H23NO4/c1-3-20-15(19)16(17-2,13-8-9-13)11-21-14-7-5-4-6-12(14)10-18/h4-7,13,17-18H,3,8-11H2,1-2H3. The molecule has 0 bridgehead atoms. The first-order chi connectivity index (χ1) is 10.2. The number of benzene rings is 1. The first-order valence-electron chi connectivity index (χ1n) is 7.35. The van der Waals surface area contributed by atoms with E-state index < -0.39 is 5.54 Å². The highest BCUT2D eigenvalue weighted by Gasteiger charge is 2.52. The fraction of sp³-hybridized carbons (Fsp3) is 0.562. The monoisotopic (exact) mass is 293 g/mol. The average molecular weight is 293 g/mol. The molecule has 1 aromatic rings. The molecule has 5 heteroatoms. The molecule has 2 N–H and O–H groups in total. The van der Waals surface area contributed by atoms with E-state index in [1.165, 1.54) is 0 Å².